The highest BCUT2D eigenvalue weighted by molar-refractivity contribution is 7.93. The predicted molar refractivity (Wildman–Crippen MR) is 169 cm³/mol. The Hall–Kier alpha value is -3.87. The molecular formula is C33H37F3N4O4S. The normalized spacial score (nSPS) is 16.2. The first-order valence-electron chi connectivity index (χ1n) is 14.9. The number of nitrogens with one attached hydrogen (secondary N) is 2. The molecule has 1 amide bonds. The van der Waals surface area contributed by atoms with Gasteiger partial charge in [0.15, 0.2) is 0 Å². The number of nitrogens with zero attached hydrogens (tertiary/aromatic N) is 2. The number of halogens is 3. The Labute approximate surface area is 260 Å². The first-order valence-corrected chi connectivity index (χ1v) is 16.5. The quantitative estimate of drug-likeness (QED) is 0.218. The molecule has 4 aromatic rings. The van der Waals surface area contributed by atoms with Crippen LogP contribution >= 0.6 is 0 Å². The van der Waals surface area contributed by atoms with Crippen LogP contribution < -0.4 is 14.9 Å². The van der Waals surface area contributed by atoms with Gasteiger partial charge in [0, 0.05) is 43.8 Å². The number of amides is 1. The number of aliphatic hydroxyl groups is 1. The molecule has 1 aromatic heterocycles. The lowest BCUT2D eigenvalue weighted by Crippen LogP contribution is -2.48. The minimum atomic E-state index is -4.46. The van der Waals surface area contributed by atoms with E-state index in [2.05, 4.69) is 10.6 Å². The molecule has 3 N–H and O–H groups in total. The highest BCUT2D eigenvalue weighted by Gasteiger charge is 2.33. The Bertz CT molecular complexity index is 1770. The summed E-state index contributed by atoms with van der Waals surface area (Å²) in [4.78, 5) is 13.8. The van der Waals surface area contributed by atoms with Crippen molar-refractivity contribution in [3.05, 3.63) is 101 Å². The molecule has 8 nitrogen and oxygen atoms in total. The van der Waals surface area contributed by atoms with E-state index in [9.17, 15) is 31.5 Å². The minimum absolute atomic E-state index is 0.00298. The second kappa shape index (κ2) is 13.2. The molecule has 240 valence electrons. The van der Waals surface area contributed by atoms with Gasteiger partial charge in [-0.25, -0.2) is 8.42 Å². The largest absolute Gasteiger partial charge is 0.416 e. The maximum Gasteiger partial charge on any atom is 0.416 e. The molecule has 1 aliphatic heterocycles. The number of carbonyl (C=O) groups is 1. The molecule has 1 aliphatic rings. The van der Waals surface area contributed by atoms with Crippen LogP contribution in [-0.4, -0.2) is 55.0 Å². The number of benzene rings is 3. The highest BCUT2D eigenvalue weighted by atomic mass is 32.2. The van der Waals surface area contributed by atoms with E-state index in [1.807, 2.05) is 55.1 Å². The molecule has 0 radical (unpaired) electrons. The molecule has 2 atom stereocenters. The van der Waals surface area contributed by atoms with Crippen molar-refractivity contribution in [2.75, 3.05) is 23.1 Å². The average molecular weight is 643 g/mol. The topological polar surface area (TPSA) is 104 Å². The standard InChI is InChI=1S/C33H37F3N4O4S/c1-3-24-21-39(2)31-27(24)17-25(18-29(31)40-13-8-14-45(40,43)44)32(42)38-28(16-22-9-5-4-6-10-22)30(41)20-37-19-23-11-7-12-26(15-23)33(34,35)36/h4-7,9-12,15,17-18,21,28,30,37,41H,3,8,13-14,16,19-20H2,1-2H3,(H,38,42)/t28-,30+/m0/s1. The average Bonchev–Trinajstić information content (AvgIpc) is 3.54. The number of carbonyl (C=O) groups excluding carboxylic acids is 1. The third kappa shape index (κ3) is 7.34. The van der Waals surface area contributed by atoms with E-state index < -0.39 is 39.8 Å². The number of alkyl halides is 3. The van der Waals surface area contributed by atoms with E-state index in [-0.39, 0.29) is 24.4 Å². The molecule has 1 saturated heterocycles. The van der Waals surface area contributed by atoms with E-state index in [4.69, 9.17) is 0 Å². The lowest BCUT2D eigenvalue weighted by Gasteiger charge is -2.26. The number of anilines is 1. The van der Waals surface area contributed by atoms with Crippen LogP contribution in [0.4, 0.5) is 18.9 Å². The second-order valence-corrected chi connectivity index (χ2v) is 13.4. The molecule has 0 unspecified atom stereocenters. The maximum absolute atomic E-state index is 13.8. The number of aliphatic hydroxyl groups excluding tert-OH is 1. The summed E-state index contributed by atoms with van der Waals surface area (Å²) < 4.78 is 68.5. The van der Waals surface area contributed by atoms with Gasteiger partial charge < -0.3 is 20.3 Å². The fourth-order valence-corrected chi connectivity index (χ4v) is 7.44. The number of hydrogen-bond donors (Lipinski definition) is 3. The van der Waals surface area contributed by atoms with Gasteiger partial charge in [0.05, 0.1) is 34.7 Å². The maximum atomic E-state index is 13.8. The first kappa shape index (κ1) is 32.5. The third-order valence-electron chi connectivity index (χ3n) is 8.17. The lowest BCUT2D eigenvalue weighted by atomic mass is 9.99. The van der Waals surface area contributed by atoms with Crippen molar-refractivity contribution in [2.45, 2.75) is 51.1 Å². The summed E-state index contributed by atoms with van der Waals surface area (Å²) in [5.74, 6) is -0.437. The van der Waals surface area contributed by atoms with E-state index in [1.165, 1.54) is 10.4 Å². The summed E-state index contributed by atoms with van der Waals surface area (Å²) in [6, 6.07) is 16.9. The molecule has 3 aromatic carbocycles. The number of fused-ring (bicyclic) bond motifs is 1. The molecular weight excluding hydrogens is 605 g/mol. The van der Waals surface area contributed by atoms with Gasteiger partial charge in [-0.1, -0.05) is 55.5 Å². The Morgan fingerprint density at radius 2 is 1.78 bits per heavy atom. The van der Waals surface area contributed by atoms with Crippen molar-refractivity contribution < 1.29 is 31.5 Å². The Balaban J connectivity index is 1.40. The van der Waals surface area contributed by atoms with Gasteiger partial charge in [0.25, 0.3) is 5.91 Å². The van der Waals surface area contributed by atoms with E-state index in [1.54, 1.807) is 18.2 Å². The Morgan fingerprint density at radius 1 is 1.04 bits per heavy atom. The zero-order chi connectivity index (χ0) is 32.4. The minimum Gasteiger partial charge on any atom is -0.390 e. The Kier molecular flexibility index (Phi) is 9.57. The van der Waals surface area contributed by atoms with Gasteiger partial charge in [-0.3, -0.25) is 9.10 Å². The number of sulfonamides is 1. The number of hydrogen-bond acceptors (Lipinski definition) is 5. The summed E-state index contributed by atoms with van der Waals surface area (Å²) in [7, 11) is -1.68. The molecule has 1 fully saturated rings. The first-order chi connectivity index (χ1) is 21.4. The van der Waals surface area contributed by atoms with Crippen LogP contribution in [0.15, 0.2) is 72.9 Å². The van der Waals surface area contributed by atoms with Crippen LogP contribution in [0.5, 0.6) is 0 Å². The smallest absolute Gasteiger partial charge is 0.390 e. The predicted octanol–water partition coefficient (Wildman–Crippen LogP) is 4.79. The van der Waals surface area contributed by atoms with Crippen LogP contribution in [0, 0.1) is 0 Å². The van der Waals surface area contributed by atoms with Crippen molar-refractivity contribution in [3.8, 4) is 0 Å². The van der Waals surface area contributed by atoms with Crippen molar-refractivity contribution >= 4 is 32.5 Å². The molecule has 12 heteroatoms. The van der Waals surface area contributed by atoms with Crippen LogP contribution in [-0.2, 0) is 42.6 Å². The highest BCUT2D eigenvalue weighted by Crippen LogP contribution is 2.36. The number of aryl methyl sites for hydroxylation is 2. The molecule has 5 rings (SSSR count). The molecule has 0 aliphatic carbocycles. The molecule has 0 saturated carbocycles. The van der Waals surface area contributed by atoms with Crippen LogP contribution in [0.2, 0.25) is 0 Å². The second-order valence-electron chi connectivity index (χ2n) is 11.4. The fraction of sp³-hybridized carbons (Fsp3) is 0.364. The van der Waals surface area contributed by atoms with Crippen molar-refractivity contribution in [1.82, 2.24) is 15.2 Å². The van der Waals surface area contributed by atoms with Gasteiger partial charge in [-0.2, -0.15) is 13.2 Å². The SMILES string of the molecule is CCc1cn(C)c2c(N3CCCS3(=O)=O)cc(C(=O)N[C@@H](Cc3ccccc3)[C@H](O)CNCc3cccc(C(F)(F)F)c3)cc12. The lowest BCUT2D eigenvalue weighted by molar-refractivity contribution is -0.137. The molecule has 45 heavy (non-hydrogen) atoms. The molecule has 0 bridgehead atoms. The zero-order valence-corrected chi connectivity index (χ0v) is 26.0. The van der Waals surface area contributed by atoms with E-state index >= 15 is 0 Å². The van der Waals surface area contributed by atoms with Gasteiger partial charge in [-0.15, -0.1) is 0 Å². The summed E-state index contributed by atoms with van der Waals surface area (Å²) >= 11 is 0. The molecule has 2 heterocycles. The number of aromatic nitrogens is 1. The van der Waals surface area contributed by atoms with E-state index in [0.29, 0.717) is 37.1 Å². The van der Waals surface area contributed by atoms with Crippen LogP contribution in [0.25, 0.3) is 10.9 Å². The van der Waals surface area contributed by atoms with Gasteiger partial charge in [-0.05, 0) is 54.2 Å². The fourth-order valence-electron chi connectivity index (χ4n) is 5.88. The zero-order valence-electron chi connectivity index (χ0n) is 25.1. The van der Waals surface area contributed by atoms with Gasteiger partial charge >= 0.3 is 6.18 Å². The Morgan fingerprint density at radius 3 is 2.44 bits per heavy atom. The van der Waals surface area contributed by atoms with Crippen LogP contribution in [0.3, 0.4) is 0 Å². The van der Waals surface area contributed by atoms with Crippen LogP contribution in [0.1, 0.15) is 46.0 Å². The van der Waals surface area contributed by atoms with Gasteiger partial charge in [0.1, 0.15) is 0 Å². The summed E-state index contributed by atoms with van der Waals surface area (Å²) in [6.07, 6.45) is -2.15. The van der Waals surface area contributed by atoms with E-state index in [0.717, 1.165) is 34.2 Å². The number of rotatable bonds is 11. The molecule has 0 spiro atoms. The van der Waals surface area contributed by atoms with Crippen molar-refractivity contribution in [2.24, 2.45) is 7.05 Å². The third-order valence-corrected chi connectivity index (χ3v) is 10.0. The summed E-state index contributed by atoms with van der Waals surface area (Å²) in [5.41, 5.74) is 2.94. The monoisotopic (exact) mass is 642 g/mol. The van der Waals surface area contributed by atoms with Crippen molar-refractivity contribution in [1.29, 1.82) is 0 Å². The van der Waals surface area contributed by atoms with Gasteiger partial charge in [0.2, 0.25) is 10.0 Å². The van der Waals surface area contributed by atoms with Crippen molar-refractivity contribution in [3.63, 3.8) is 0 Å². The summed E-state index contributed by atoms with van der Waals surface area (Å²) in [5, 5.41) is 18.0. The summed E-state index contributed by atoms with van der Waals surface area (Å²) in [6.45, 7) is 2.41.